The molecule has 7 nitrogen and oxygen atoms in total. The van der Waals surface area contributed by atoms with E-state index in [1.165, 1.54) is 11.8 Å². The number of carbonyl (C=O) groups excluding carboxylic acids is 1. The van der Waals surface area contributed by atoms with Crippen molar-refractivity contribution in [3.8, 4) is 11.5 Å². The molecule has 0 saturated heterocycles. The van der Waals surface area contributed by atoms with Gasteiger partial charge in [0.1, 0.15) is 18.1 Å². The topological polar surface area (TPSA) is 78.3 Å². The van der Waals surface area contributed by atoms with Gasteiger partial charge in [0.15, 0.2) is 11.0 Å². The first-order valence-electron chi connectivity index (χ1n) is 10.4. The molecule has 1 fully saturated rings. The normalized spacial score (nSPS) is 14.1. The van der Waals surface area contributed by atoms with Crippen molar-refractivity contribution in [2.45, 2.75) is 49.7 Å². The fourth-order valence-electron chi connectivity index (χ4n) is 3.26. The molecule has 9 heteroatoms. The molecule has 1 saturated carbocycles. The van der Waals surface area contributed by atoms with E-state index in [4.69, 9.17) is 21.1 Å². The average molecular weight is 473 g/mol. The lowest BCUT2D eigenvalue weighted by atomic mass is 10.2. The first kappa shape index (κ1) is 22.5. The molecule has 1 amide bonds. The van der Waals surface area contributed by atoms with Gasteiger partial charge < -0.3 is 14.8 Å². The minimum Gasteiger partial charge on any atom is -0.495 e. The van der Waals surface area contributed by atoms with E-state index >= 15 is 0 Å². The Balaban J connectivity index is 1.45. The van der Waals surface area contributed by atoms with E-state index < -0.39 is 0 Å². The third-order valence-electron chi connectivity index (χ3n) is 5.10. The summed E-state index contributed by atoms with van der Waals surface area (Å²) in [5.74, 6) is 1.83. The number of hydrogen-bond donors (Lipinski definition) is 1. The molecule has 1 N–H and O–H groups in total. The standard InChI is InChI=1S/C23H25ClN4O3S/c1-14-8-11-20(30-3)18(12-14)25-22(29)15(2)32-23-27-26-21(28(23)16-9-10-16)13-31-19-7-5-4-6-17(19)24/h4-8,11-12,15-16H,9-10,13H2,1-3H3,(H,25,29). The molecule has 1 aromatic heterocycles. The smallest absolute Gasteiger partial charge is 0.237 e. The van der Waals surface area contributed by atoms with Crippen LogP contribution in [0.5, 0.6) is 11.5 Å². The van der Waals surface area contributed by atoms with E-state index in [1.807, 2.05) is 50.2 Å². The van der Waals surface area contributed by atoms with Crippen LogP contribution in [0.3, 0.4) is 0 Å². The van der Waals surface area contributed by atoms with Gasteiger partial charge in [-0.25, -0.2) is 0 Å². The number of rotatable bonds is 9. The van der Waals surface area contributed by atoms with Gasteiger partial charge in [0, 0.05) is 6.04 Å². The van der Waals surface area contributed by atoms with E-state index in [-0.39, 0.29) is 17.8 Å². The Bertz CT molecular complexity index is 1120. The van der Waals surface area contributed by atoms with Gasteiger partial charge in [0.05, 0.1) is 23.1 Å². The quantitative estimate of drug-likeness (QED) is 0.427. The summed E-state index contributed by atoms with van der Waals surface area (Å²) in [5.41, 5.74) is 1.69. The zero-order valence-corrected chi connectivity index (χ0v) is 19.7. The van der Waals surface area contributed by atoms with Crippen LogP contribution in [0.1, 0.15) is 37.2 Å². The van der Waals surface area contributed by atoms with Gasteiger partial charge in [-0.2, -0.15) is 0 Å². The number of nitrogens with zero attached hydrogens (tertiary/aromatic N) is 3. The van der Waals surface area contributed by atoms with Crippen LogP contribution in [0.4, 0.5) is 5.69 Å². The monoisotopic (exact) mass is 472 g/mol. The predicted molar refractivity (Wildman–Crippen MR) is 126 cm³/mol. The number of hydrogen-bond acceptors (Lipinski definition) is 6. The molecule has 32 heavy (non-hydrogen) atoms. The predicted octanol–water partition coefficient (Wildman–Crippen LogP) is 5.28. The van der Waals surface area contributed by atoms with Crippen molar-refractivity contribution >= 4 is 35.0 Å². The number of methoxy groups -OCH3 is 1. The van der Waals surface area contributed by atoms with Crippen molar-refractivity contribution in [2.75, 3.05) is 12.4 Å². The molecule has 168 valence electrons. The third-order valence-corrected chi connectivity index (χ3v) is 6.47. The van der Waals surface area contributed by atoms with Crippen molar-refractivity contribution in [3.63, 3.8) is 0 Å². The number of anilines is 1. The van der Waals surface area contributed by atoms with E-state index in [9.17, 15) is 4.79 Å². The molecule has 0 aliphatic heterocycles. The average Bonchev–Trinajstić information content (AvgIpc) is 3.54. The van der Waals surface area contributed by atoms with Crippen molar-refractivity contribution < 1.29 is 14.3 Å². The van der Waals surface area contributed by atoms with Crippen LogP contribution >= 0.6 is 23.4 Å². The Hall–Kier alpha value is -2.71. The molecule has 0 bridgehead atoms. The van der Waals surface area contributed by atoms with Gasteiger partial charge in [-0.05, 0) is 56.5 Å². The Morgan fingerprint density at radius 1 is 1.25 bits per heavy atom. The number of amides is 1. The fraction of sp³-hybridized carbons (Fsp3) is 0.348. The highest BCUT2D eigenvalue weighted by Gasteiger charge is 2.31. The summed E-state index contributed by atoms with van der Waals surface area (Å²) < 4.78 is 13.3. The van der Waals surface area contributed by atoms with Crippen molar-refractivity contribution in [3.05, 3.63) is 58.9 Å². The number of carbonyl (C=O) groups is 1. The molecule has 1 atom stereocenters. The maximum atomic E-state index is 12.9. The third kappa shape index (κ3) is 5.19. The summed E-state index contributed by atoms with van der Waals surface area (Å²) in [5, 5.41) is 12.5. The number of thioether (sulfide) groups is 1. The van der Waals surface area contributed by atoms with Crippen LogP contribution in [0.25, 0.3) is 0 Å². The highest BCUT2D eigenvalue weighted by molar-refractivity contribution is 8.00. The summed E-state index contributed by atoms with van der Waals surface area (Å²) in [6.45, 7) is 4.08. The maximum absolute atomic E-state index is 12.9. The van der Waals surface area contributed by atoms with E-state index in [1.54, 1.807) is 13.2 Å². The molecule has 1 heterocycles. The van der Waals surface area contributed by atoms with Crippen molar-refractivity contribution in [1.82, 2.24) is 14.8 Å². The number of halogens is 1. The minimum absolute atomic E-state index is 0.127. The summed E-state index contributed by atoms with van der Waals surface area (Å²) in [4.78, 5) is 12.9. The summed E-state index contributed by atoms with van der Waals surface area (Å²) in [7, 11) is 1.59. The zero-order valence-electron chi connectivity index (χ0n) is 18.2. The lowest BCUT2D eigenvalue weighted by Crippen LogP contribution is -2.23. The van der Waals surface area contributed by atoms with Crippen LogP contribution in [0.15, 0.2) is 47.6 Å². The second-order valence-corrected chi connectivity index (χ2v) is 9.39. The first-order chi connectivity index (χ1) is 15.5. The molecule has 2 aromatic carbocycles. The lowest BCUT2D eigenvalue weighted by Gasteiger charge is -2.15. The van der Waals surface area contributed by atoms with Crippen LogP contribution in [0, 0.1) is 6.92 Å². The molecular formula is C23H25ClN4O3S. The van der Waals surface area contributed by atoms with Crippen LogP contribution in [-0.4, -0.2) is 33.0 Å². The molecular weight excluding hydrogens is 448 g/mol. The molecule has 4 rings (SSSR count). The van der Waals surface area contributed by atoms with Crippen LogP contribution in [0.2, 0.25) is 5.02 Å². The number of benzene rings is 2. The Kier molecular flexibility index (Phi) is 6.91. The van der Waals surface area contributed by atoms with E-state index in [0.717, 1.165) is 24.2 Å². The highest BCUT2D eigenvalue weighted by atomic mass is 35.5. The summed E-state index contributed by atoms with van der Waals surface area (Å²) in [6, 6.07) is 13.4. The van der Waals surface area contributed by atoms with Crippen molar-refractivity contribution in [1.29, 1.82) is 0 Å². The Morgan fingerprint density at radius 2 is 2.03 bits per heavy atom. The van der Waals surface area contributed by atoms with Crippen LogP contribution in [-0.2, 0) is 11.4 Å². The van der Waals surface area contributed by atoms with Gasteiger partial charge in [-0.15, -0.1) is 10.2 Å². The first-order valence-corrected chi connectivity index (χ1v) is 11.6. The number of ether oxygens (including phenoxy) is 2. The molecule has 1 aliphatic rings. The number of aryl methyl sites for hydroxylation is 1. The SMILES string of the molecule is COc1ccc(C)cc1NC(=O)C(C)Sc1nnc(COc2ccccc2Cl)n1C1CC1. The lowest BCUT2D eigenvalue weighted by molar-refractivity contribution is -0.115. The van der Waals surface area contributed by atoms with E-state index in [0.29, 0.717) is 33.4 Å². The Morgan fingerprint density at radius 3 is 2.75 bits per heavy atom. The highest BCUT2D eigenvalue weighted by Crippen LogP contribution is 2.40. The second-order valence-electron chi connectivity index (χ2n) is 7.67. The number of para-hydroxylation sites is 1. The molecule has 3 aromatic rings. The van der Waals surface area contributed by atoms with Gasteiger partial charge in [-0.3, -0.25) is 9.36 Å². The summed E-state index contributed by atoms with van der Waals surface area (Å²) in [6.07, 6.45) is 2.12. The molecule has 1 aliphatic carbocycles. The van der Waals surface area contributed by atoms with Gasteiger partial charge >= 0.3 is 0 Å². The molecule has 1 unspecified atom stereocenters. The summed E-state index contributed by atoms with van der Waals surface area (Å²) >= 11 is 7.57. The Labute approximate surface area is 196 Å². The number of nitrogens with one attached hydrogen (secondary N) is 1. The van der Waals surface area contributed by atoms with Crippen molar-refractivity contribution in [2.24, 2.45) is 0 Å². The van der Waals surface area contributed by atoms with Gasteiger partial charge in [-0.1, -0.05) is 41.6 Å². The fourth-order valence-corrected chi connectivity index (χ4v) is 4.38. The van der Waals surface area contributed by atoms with Crippen LogP contribution < -0.4 is 14.8 Å². The number of aromatic nitrogens is 3. The van der Waals surface area contributed by atoms with E-state index in [2.05, 4.69) is 20.1 Å². The maximum Gasteiger partial charge on any atom is 0.237 e. The molecule has 0 radical (unpaired) electrons. The molecule has 0 spiro atoms. The van der Waals surface area contributed by atoms with Gasteiger partial charge in [0.25, 0.3) is 0 Å². The zero-order chi connectivity index (χ0) is 22.7. The largest absolute Gasteiger partial charge is 0.495 e. The minimum atomic E-state index is -0.376. The second kappa shape index (κ2) is 9.83. The van der Waals surface area contributed by atoms with Gasteiger partial charge in [0.2, 0.25) is 5.91 Å².